The van der Waals surface area contributed by atoms with Crippen molar-refractivity contribution < 1.29 is 9.53 Å². The molecule has 1 aliphatic heterocycles. The van der Waals surface area contributed by atoms with Gasteiger partial charge < -0.3 is 15.4 Å². The largest absolute Gasteiger partial charge is 0.494 e. The van der Waals surface area contributed by atoms with Gasteiger partial charge in [-0.3, -0.25) is 4.79 Å². The van der Waals surface area contributed by atoms with E-state index in [2.05, 4.69) is 20.6 Å². The van der Waals surface area contributed by atoms with Crippen molar-refractivity contribution in [2.45, 2.75) is 18.9 Å². The molecule has 1 aliphatic rings. The predicted octanol–water partition coefficient (Wildman–Crippen LogP) is 0.176. The first-order chi connectivity index (χ1) is 7.78. The van der Waals surface area contributed by atoms with Gasteiger partial charge in [-0.25, -0.2) is 9.97 Å². The Morgan fingerprint density at radius 3 is 2.81 bits per heavy atom. The molecular weight excluding hydrogens is 208 g/mol. The highest BCUT2D eigenvalue weighted by Crippen LogP contribution is 2.11. The van der Waals surface area contributed by atoms with E-state index in [0.29, 0.717) is 24.7 Å². The van der Waals surface area contributed by atoms with E-state index in [0.717, 1.165) is 6.42 Å². The van der Waals surface area contributed by atoms with Crippen LogP contribution in [-0.2, 0) is 4.79 Å². The first-order valence-electron chi connectivity index (χ1n) is 5.17. The number of hydrogen-bond acceptors (Lipinski definition) is 5. The summed E-state index contributed by atoms with van der Waals surface area (Å²) >= 11 is 0. The molecular formula is C10H14N4O2. The van der Waals surface area contributed by atoms with Gasteiger partial charge in [0.25, 0.3) is 0 Å². The second kappa shape index (κ2) is 4.78. The van der Waals surface area contributed by atoms with E-state index in [1.54, 1.807) is 19.5 Å². The average molecular weight is 222 g/mol. The molecule has 0 aliphatic carbocycles. The van der Waals surface area contributed by atoms with Crippen LogP contribution in [0.4, 0.5) is 5.95 Å². The third kappa shape index (κ3) is 2.59. The number of carbonyl (C=O) groups is 1. The zero-order valence-corrected chi connectivity index (χ0v) is 9.06. The number of nitrogens with zero attached hydrogens (tertiary/aromatic N) is 2. The van der Waals surface area contributed by atoms with Crippen LogP contribution in [0.5, 0.6) is 5.75 Å². The number of hydrogen-bond donors (Lipinski definition) is 2. The van der Waals surface area contributed by atoms with Crippen molar-refractivity contribution in [3.8, 4) is 5.75 Å². The molecule has 1 unspecified atom stereocenters. The molecule has 1 aromatic rings. The molecule has 0 spiro atoms. The molecule has 0 saturated carbocycles. The monoisotopic (exact) mass is 222 g/mol. The van der Waals surface area contributed by atoms with E-state index < -0.39 is 0 Å². The van der Waals surface area contributed by atoms with Gasteiger partial charge in [-0.1, -0.05) is 0 Å². The van der Waals surface area contributed by atoms with Gasteiger partial charge in [-0.15, -0.1) is 0 Å². The Labute approximate surface area is 93.4 Å². The average Bonchev–Trinajstić information content (AvgIpc) is 2.33. The maximum Gasteiger partial charge on any atom is 0.223 e. The van der Waals surface area contributed by atoms with Gasteiger partial charge in [-0.2, -0.15) is 0 Å². The fourth-order valence-corrected chi connectivity index (χ4v) is 1.53. The molecule has 6 heteroatoms. The van der Waals surface area contributed by atoms with E-state index in [1.165, 1.54) is 0 Å². The van der Waals surface area contributed by atoms with Crippen molar-refractivity contribution in [3.05, 3.63) is 12.4 Å². The van der Waals surface area contributed by atoms with Crippen LogP contribution in [0.2, 0.25) is 0 Å². The lowest BCUT2D eigenvalue weighted by Gasteiger charge is -2.23. The molecule has 2 rings (SSSR count). The fourth-order valence-electron chi connectivity index (χ4n) is 1.53. The number of anilines is 1. The number of rotatable bonds is 3. The van der Waals surface area contributed by atoms with Crippen molar-refractivity contribution >= 4 is 11.9 Å². The van der Waals surface area contributed by atoms with Crippen molar-refractivity contribution in [2.75, 3.05) is 19.0 Å². The highest BCUT2D eigenvalue weighted by molar-refractivity contribution is 5.76. The summed E-state index contributed by atoms with van der Waals surface area (Å²) in [6.07, 6.45) is 4.57. The molecule has 6 nitrogen and oxygen atoms in total. The second-order valence-corrected chi connectivity index (χ2v) is 3.63. The van der Waals surface area contributed by atoms with E-state index >= 15 is 0 Å². The summed E-state index contributed by atoms with van der Waals surface area (Å²) in [6.45, 7) is 0.619. The van der Waals surface area contributed by atoms with Crippen LogP contribution in [0.3, 0.4) is 0 Å². The van der Waals surface area contributed by atoms with Crippen molar-refractivity contribution in [3.63, 3.8) is 0 Å². The minimum absolute atomic E-state index is 0.105. The number of carbonyl (C=O) groups excluding carboxylic acids is 1. The molecule has 0 bridgehead atoms. The highest BCUT2D eigenvalue weighted by Gasteiger charge is 2.18. The number of nitrogens with one attached hydrogen (secondary N) is 2. The summed E-state index contributed by atoms with van der Waals surface area (Å²) in [7, 11) is 1.57. The molecule has 2 N–H and O–H groups in total. The van der Waals surface area contributed by atoms with E-state index in [4.69, 9.17) is 4.74 Å². The van der Waals surface area contributed by atoms with Gasteiger partial charge >= 0.3 is 0 Å². The van der Waals surface area contributed by atoms with E-state index in [1.807, 2.05) is 0 Å². The summed E-state index contributed by atoms with van der Waals surface area (Å²) in [5, 5.41) is 5.95. The molecule has 2 heterocycles. The van der Waals surface area contributed by atoms with Crippen LogP contribution >= 0.6 is 0 Å². The Balaban J connectivity index is 1.90. The van der Waals surface area contributed by atoms with Gasteiger partial charge in [0.15, 0.2) is 5.75 Å². The second-order valence-electron chi connectivity index (χ2n) is 3.63. The number of ether oxygens (including phenoxy) is 1. The Kier molecular flexibility index (Phi) is 3.19. The van der Waals surface area contributed by atoms with Crippen LogP contribution in [0.25, 0.3) is 0 Å². The molecule has 1 saturated heterocycles. The zero-order valence-electron chi connectivity index (χ0n) is 9.06. The van der Waals surface area contributed by atoms with E-state index in [-0.39, 0.29) is 11.9 Å². The molecule has 0 radical (unpaired) electrons. The van der Waals surface area contributed by atoms with Crippen molar-refractivity contribution in [1.29, 1.82) is 0 Å². The summed E-state index contributed by atoms with van der Waals surface area (Å²) in [6, 6.07) is 0.200. The van der Waals surface area contributed by atoms with Gasteiger partial charge in [0.05, 0.1) is 19.5 Å². The summed E-state index contributed by atoms with van der Waals surface area (Å²) in [5.74, 6) is 1.29. The Hall–Kier alpha value is -1.85. The maximum atomic E-state index is 11.0. The number of aromatic nitrogens is 2. The fraction of sp³-hybridized carbons (Fsp3) is 0.500. The van der Waals surface area contributed by atoms with Gasteiger partial charge in [0.1, 0.15) is 0 Å². The normalized spacial score (nSPS) is 20.1. The van der Waals surface area contributed by atoms with Crippen LogP contribution < -0.4 is 15.4 Å². The molecule has 0 aromatic carbocycles. The lowest BCUT2D eigenvalue weighted by molar-refractivity contribution is -0.122. The van der Waals surface area contributed by atoms with Crippen molar-refractivity contribution in [1.82, 2.24) is 15.3 Å². The SMILES string of the molecule is COc1cnc(NC2CCC(=O)NC2)nc1. The van der Waals surface area contributed by atoms with Gasteiger partial charge in [0, 0.05) is 19.0 Å². The van der Waals surface area contributed by atoms with Gasteiger partial charge in [-0.05, 0) is 6.42 Å². The molecule has 1 atom stereocenters. The molecule has 1 amide bonds. The highest BCUT2D eigenvalue weighted by atomic mass is 16.5. The third-order valence-electron chi connectivity index (χ3n) is 2.46. The van der Waals surface area contributed by atoms with Crippen molar-refractivity contribution in [2.24, 2.45) is 0 Å². The topological polar surface area (TPSA) is 76.1 Å². The molecule has 86 valence electrons. The van der Waals surface area contributed by atoms with Crippen LogP contribution in [0.1, 0.15) is 12.8 Å². The summed E-state index contributed by atoms with van der Waals surface area (Å²) in [5.41, 5.74) is 0. The Morgan fingerprint density at radius 1 is 1.50 bits per heavy atom. The quantitative estimate of drug-likeness (QED) is 0.762. The third-order valence-corrected chi connectivity index (χ3v) is 2.46. The molecule has 16 heavy (non-hydrogen) atoms. The molecule has 1 aromatic heterocycles. The summed E-state index contributed by atoms with van der Waals surface area (Å²) < 4.78 is 4.96. The lowest BCUT2D eigenvalue weighted by atomic mass is 10.1. The number of methoxy groups -OCH3 is 1. The predicted molar refractivity (Wildman–Crippen MR) is 58.2 cm³/mol. The number of amides is 1. The van der Waals surface area contributed by atoms with Crippen LogP contribution in [0.15, 0.2) is 12.4 Å². The number of piperidine rings is 1. The zero-order chi connectivity index (χ0) is 11.4. The maximum absolute atomic E-state index is 11.0. The smallest absolute Gasteiger partial charge is 0.223 e. The first-order valence-corrected chi connectivity index (χ1v) is 5.17. The Bertz CT molecular complexity index is 356. The Morgan fingerprint density at radius 2 is 2.25 bits per heavy atom. The standard InChI is InChI=1S/C10H14N4O2/c1-16-8-5-12-10(13-6-8)14-7-2-3-9(15)11-4-7/h5-7H,2-4H2,1H3,(H,11,15)(H,12,13,14). The van der Waals surface area contributed by atoms with Gasteiger partial charge in [0.2, 0.25) is 11.9 Å². The molecule has 1 fully saturated rings. The lowest BCUT2D eigenvalue weighted by Crippen LogP contribution is -2.42. The van der Waals surface area contributed by atoms with Crippen LogP contribution in [-0.4, -0.2) is 35.6 Å². The first kappa shape index (κ1) is 10.7. The van der Waals surface area contributed by atoms with Crippen LogP contribution in [0, 0.1) is 0 Å². The minimum atomic E-state index is 0.105. The minimum Gasteiger partial charge on any atom is -0.494 e. The van der Waals surface area contributed by atoms with E-state index in [9.17, 15) is 4.79 Å². The summed E-state index contributed by atoms with van der Waals surface area (Å²) in [4.78, 5) is 19.2.